The van der Waals surface area contributed by atoms with E-state index in [1.165, 1.54) is 38.5 Å². The molecule has 0 aliphatic rings. The van der Waals surface area contributed by atoms with E-state index in [-0.39, 0.29) is 48.5 Å². The monoisotopic (exact) mass is 316 g/mol. The minimum Gasteiger partial charge on any atom is -0.392 e. The van der Waals surface area contributed by atoms with Gasteiger partial charge in [0.15, 0.2) is 0 Å². The molecule has 0 saturated carbocycles. The number of nitrogens with two attached hydrogens (primary N) is 1. The van der Waals surface area contributed by atoms with Gasteiger partial charge in [0.2, 0.25) is 0 Å². The first-order valence-corrected chi connectivity index (χ1v) is 7.14. The zero-order valence-corrected chi connectivity index (χ0v) is 15.8. The van der Waals surface area contributed by atoms with Gasteiger partial charge in [-0.05, 0) is 6.42 Å². The van der Waals surface area contributed by atoms with E-state index in [4.69, 9.17) is 5.73 Å². The first-order chi connectivity index (χ1) is 8.70. The Hall–Kier alpha value is 0.390. The zero-order valence-electron chi connectivity index (χ0n) is 13.0. The first kappa shape index (κ1) is 25.3. The summed E-state index contributed by atoms with van der Waals surface area (Å²) in [6, 6.07) is 0. The van der Waals surface area contributed by atoms with Crippen molar-refractivity contribution >= 4 is 53.9 Å². The maximum atomic E-state index is 11.1. The van der Waals surface area contributed by atoms with E-state index in [9.17, 15) is 9.59 Å². The van der Waals surface area contributed by atoms with Crippen LogP contribution in [0, 0.1) is 0 Å². The standard InChI is InChI=1S/C14H27NO3.ClH.Na/c1-2-3-4-5-6-7-8-9-10-11-13(16)18-14(17)12-15;;/h2-12,15H2,1H3;1H;. The van der Waals surface area contributed by atoms with E-state index in [1.807, 2.05) is 0 Å². The smallest absolute Gasteiger partial charge is 0.327 e. The van der Waals surface area contributed by atoms with Crippen LogP contribution in [0.2, 0.25) is 0 Å². The summed E-state index contributed by atoms with van der Waals surface area (Å²) < 4.78 is 4.47. The molecule has 0 atom stereocenters. The van der Waals surface area contributed by atoms with Gasteiger partial charge < -0.3 is 10.5 Å². The summed E-state index contributed by atoms with van der Waals surface area (Å²) in [6.45, 7) is 1.98. The SMILES string of the molecule is CCCCCCCCCCCC(=O)OC(=O)CN.Cl.[Na]. The number of esters is 2. The molecule has 0 aromatic rings. The molecule has 0 rings (SSSR count). The van der Waals surface area contributed by atoms with Crippen LogP contribution >= 0.6 is 12.4 Å². The summed E-state index contributed by atoms with van der Waals surface area (Å²) in [5, 5.41) is 0. The van der Waals surface area contributed by atoms with Gasteiger partial charge in [-0.15, -0.1) is 12.4 Å². The van der Waals surface area contributed by atoms with Gasteiger partial charge in [-0.1, -0.05) is 58.3 Å². The van der Waals surface area contributed by atoms with Crippen molar-refractivity contribution in [3.05, 3.63) is 0 Å². The molecular weight excluding hydrogens is 289 g/mol. The molecule has 20 heavy (non-hydrogen) atoms. The van der Waals surface area contributed by atoms with Gasteiger partial charge in [0.25, 0.3) is 0 Å². The van der Waals surface area contributed by atoms with Crippen molar-refractivity contribution < 1.29 is 14.3 Å². The van der Waals surface area contributed by atoms with Crippen molar-refractivity contribution in [1.82, 2.24) is 0 Å². The number of carbonyl (C=O) groups excluding carboxylic acids is 2. The molecule has 0 aliphatic carbocycles. The van der Waals surface area contributed by atoms with E-state index in [1.54, 1.807) is 0 Å². The van der Waals surface area contributed by atoms with Crippen LogP contribution in [0.3, 0.4) is 0 Å². The van der Waals surface area contributed by atoms with Gasteiger partial charge >= 0.3 is 11.9 Å². The van der Waals surface area contributed by atoms with E-state index in [2.05, 4.69) is 11.7 Å². The van der Waals surface area contributed by atoms with Crippen molar-refractivity contribution in [2.75, 3.05) is 6.54 Å². The summed E-state index contributed by atoms with van der Waals surface area (Å²) in [6.07, 6.45) is 11.1. The Morgan fingerprint density at radius 3 is 1.75 bits per heavy atom. The van der Waals surface area contributed by atoms with Crippen LogP contribution in [0.5, 0.6) is 0 Å². The zero-order chi connectivity index (χ0) is 13.6. The molecule has 0 spiro atoms. The average molecular weight is 317 g/mol. The van der Waals surface area contributed by atoms with E-state index < -0.39 is 11.9 Å². The second-order valence-electron chi connectivity index (χ2n) is 4.63. The van der Waals surface area contributed by atoms with Crippen molar-refractivity contribution in [2.24, 2.45) is 5.73 Å². The molecule has 0 aliphatic heterocycles. The molecule has 1 radical (unpaired) electrons. The fourth-order valence-corrected chi connectivity index (χ4v) is 1.80. The van der Waals surface area contributed by atoms with Crippen LogP contribution in [-0.4, -0.2) is 48.0 Å². The second kappa shape index (κ2) is 19.4. The maximum absolute atomic E-state index is 11.1. The van der Waals surface area contributed by atoms with E-state index in [0.29, 0.717) is 6.42 Å². The third-order valence-electron chi connectivity index (χ3n) is 2.88. The first-order valence-electron chi connectivity index (χ1n) is 7.14. The number of rotatable bonds is 11. The van der Waals surface area contributed by atoms with Gasteiger partial charge in [-0.3, -0.25) is 9.59 Å². The molecular formula is C14H28ClNNaO3. The van der Waals surface area contributed by atoms with Crippen molar-refractivity contribution in [2.45, 2.75) is 71.1 Å². The molecule has 2 N–H and O–H groups in total. The number of hydrogen-bond donors (Lipinski definition) is 1. The van der Waals surface area contributed by atoms with Crippen LogP contribution in [-0.2, 0) is 14.3 Å². The minimum atomic E-state index is -0.643. The Labute approximate surface area is 151 Å². The second-order valence-corrected chi connectivity index (χ2v) is 4.63. The van der Waals surface area contributed by atoms with Crippen LogP contribution in [0.15, 0.2) is 0 Å². The minimum absolute atomic E-state index is 0. The summed E-state index contributed by atoms with van der Waals surface area (Å²) in [5.41, 5.74) is 5.04. The Bertz CT molecular complexity index is 240. The summed E-state index contributed by atoms with van der Waals surface area (Å²) in [7, 11) is 0. The molecule has 6 heteroatoms. The third-order valence-corrected chi connectivity index (χ3v) is 2.88. The Morgan fingerprint density at radius 1 is 0.850 bits per heavy atom. The number of unbranched alkanes of at least 4 members (excludes halogenated alkanes) is 8. The fourth-order valence-electron chi connectivity index (χ4n) is 1.80. The van der Waals surface area contributed by atoms with Crippen molar-refractivity contribution in [1.29, 1.82) is 0 Å². The molecule has 0 fully saturated rings. The Balaban J connectivity index is -0.00000144. The largest absolute Gasteiger partial charge is 0.392 e. The maximum Gasteiger partial charge on any atom is 0.327 e. The summed E-state index contributed by atoms with van der Waals surface area (Å²) in [5.74, 6) is -1.09. The predicted octanol–water partition coefficient (Wildman–Crippen LogP) is 2.98. The van der Waals surface area contributed by atoms with Crippen LogP contribution in [0.25, 0.3) is 0 Å². The predicted molar refractivity (Wildman–Crippen MR) is 85.0 cm³/mol. The molecule has 115 valence electrons. The summed E-state index contributed by atoms with van der Waals surface area (Å²) >= 11 is 0. The van der Waals surface area contributed by atoms with Gasteiger partial charge in [-0.25, -0.2) is 0 Å². The van der Waals surface area contributed by atoms with Crippen molar-refractivity contribution in [3.63, 3.8) is 0 Å². The number of ether oxygens (including phenoxy) is 1. The van der Waals surface area contributed by atoms with E-state index in [0.717, 1.165) is 19.3 Å². The van der Waals surface area contributed by atoms with Gasteiger partial charge in [0, 0.05) is 36.0 Å². The molecule has 0 heterocycles. The van der Waals surface area contributed by atoms with Crippen LogP contribution < -0.4 is 5.73 Å². The van der Waals surface area contributed by atoms with Gasteiger partial charge in [0.1, 0.15) is 0 Å². The Kier molecular flexibility index (Phi) is 24.6. The quantitative estimate of drug-likeness (QED) is 0.275. The molecule has 0 aromatic heterocycles. The molecule has 4 nitrogen and oxygen atoms in total. The molecule has 0 bridgehead atoms. The van der Waals surface area contributed by atoms with Crippen LogP contribution in [0.4, 0.5) is 0 Å². The number of hydrogen-bond acceptors (Lipinski definition) is 4. The fraction of sp³-hybridized carbons (Fsp3) is 0.857. The molecule has 0 unspecified atom stereocenters. The van der Waals surface area contributed by atoms with Gasteiger partial charge in [-0.2, -0.15) is 0 Å². The molecule has 0 saturated heterocycles. The Morgan fingerprint density at radius 2 is 1.30 bits per heavy atom. The molecule has 0 aromatic carbocycles. The number of carbonyl (C=O) groups is 2. The average Bonchev–Trinajstić information content (AvgIpc) is 2.36. The van der Waals surface area contributed by atoms with Crippen LogP contribution in [0.1, 0.15) is 71.1 Å². The van der Waals surface area contributed by atoms with E-state index >= 15 is 0 Å². The normalized spacial score (nSPS) is 9.30. The summed E-state index contributed by atoms with van der Waals surface area (Å²) in [4.78, 5) is 21.8. The topological polar surface area (TPSA) is 69.4 Å². The van der Waals surface area contributed by atoms with Gasteiger partial charge in [0.05, 0.1) is 6.54 Å². The molecule has 0 amide bonds. The third kappa shape index (κ3) is 18.4. The van der Waals surface area contributed by atoms with Crippen molar-refractivity contribution in [3.8, 4) is 0 Å². The number of halogens is 1.